The number of primary amides is 1. The van der Waals surface area contributed by atoms with Gasteiger partial charge >= 0.3 is 0 Å². The van der Waals surface area contributed by atoms with E-state index in [1.807, 2.05) is 0 Å². The highest BCUT2D eigenvalue weighted by Crippen LogP contribution is 2.23. The van der Waals surface area contributed by atoms with Gasteiger partial charge in [0.2, 0.25) is 5.78 Å². The summed E-state index contributed by atoms with van der Waals surface area (Å²) in [5, 5.41) is 7.29. The second-order valence-electron chi connectivity index (χ2n) is 6.16. The lowest BCUT2D eigenvalue weighted by Gasteiger charge is -2.16. The number of nitrogens with one attached hydrogen (secondary N) is 1. The van der Waals surface area contributed by atoms with Crippen LogP contribution in [0.5, 0.6) is 0 Å². The van der Waals surface area contributed by atoms with E-state index in [0.29, 0.717) is 16.8 Å². The van der Waals surface area contributed by atoms with Gasteiger partial charge in [0.1, 0.15) is 11.7 Å². The van der Waals surface area contributed by atoms with E-state index in [2.05, 4.69) is 15.4 Å². The molecular weight excluding hydrogens is 378 g/mol. The molecule has 2 amide bonds. The number of carbonyl (C=O) groups is 3. The molecule has 0 saturated heterocycles. The minimum atomic E-state index is -1.19. The molecule has 4 heterocycles. The number of nitrogens with zero attached hydrogens (tertiary/aromatic N) is 3. The fourth-order valence-corrected chi connectivity index (χ4v) is 2.94. The van der Waals surface area contributed by atoms with Crippen LogP contribution in [0.3, 0.4) is 0 Å². The third-order valence-electron chi connectivity index (χ3n) is 4.31. The maximum Gasteiger partial charge on any atom is 0.297 e. The van der Waals surface area contributed by atoms with Crippen LogP contribution in [0.15, 0.2) is 64.1 Å². The zero-order valence-electron chi connectivity index (χ0n) is 14.9. The number of furan rings is 2. The van der Waals surface area contributed by atoms with Crippen molar-refractivity contribution in [3.63, 3.8) is 0 Å². The molecule has 4 aromatic rings. The van der Waals surface area contributed by atoms with E-state index in [4.69, 9.17) is 14.6 Å². The lowest BCUT2D eigenvalue weighted by Crippen LogP contribution is -2.47. The van der Waals surface area contributed by atoms with Crippen molar-refractivity contribution in [2.45, 2.75) is 12.5 Å². The molecular formula is C19H15N5O5. The topological polar surface area (TPSA) is 146 Å². The molecule has 29 heavy (non-hydrogen) atoms. The van der Waals surface area contributed by atoms with Crippen molar-refractivity contribution < 1.29 is 23.2 Å². The first-order valence-electron chi connectivity index (χ1n) is 8.58. The summed E-state index contributed by atoms with van der Waals surface area (Å²) >= 11 is 0. The molecule has 1 atom stereocenters. The smallest absolute Gasteiger partial charge is 0.297 e. The van der Waals surface area contributed by atoms with Crippen LogP contribution in [0.4, 0.5) is 0 Å². The summed E-state index contributed by atoms with van der Waals surface area (Å²) in [4.78, 5) is 40.8. The zero-order chi connectivity index (χ0) is 20.4. The van der Waals surface area contributed by atoms with E-state index in [-0.39, 0.29) is 17.9 Å². The van der Waals surface area contributed by atoms with Crippen molar-refractivity contribution >= 4 is 28.8 Å². The van der Waals surface area contributed by atoms with Gasteiger partial charge in [-0.25, -0.2) is 9.67 Å². The fraction of sp³-hybridized carbons (Fsp3) is 0.105. The zero-order valence-corrected chi connectivity index (χ0v) is 14.9. The van der Waals surface area contributed by atoms with Crippen LogP contribution in [0.2, 0.25) is 0 Å². The van der Waals surface area contributed by atoms with Crippen LogP contribution in [-0.2, 0) is 16.0 Å². The summed E-state index contributed by atoms with van der Waals surface area (Å²) < 4.78 is 11.7. The molecule has 0 aliphatic rings. The summed E-state index contributed by atoms with van der Waals surface area (Å²) in [5.74, 6) is -1.99. The maximum atomic E-state index is 12.8. The summed E-state index contributed by atoms with van der Waals surface area (Å²) in [7, 11) is 0. The van der Waals surface area contributed by atoms with Gasteiger partial charge in [0.15, 0.2) is 5.82 Å². The van der Waals surface area contributed by atoms with E-state index >= 15 is 0 Å². The first kappa shape index (κ1) is 18.2. The Kier molecular flexibility index (Phi) is 4.65. The van der Waals surface area contributed by atoms with Gasteiger partial charge in [0, 0.05) is 18.2 Å². The summed E-state index contributed by atoms with van der Waals surface area (Å²) in [6, 6.07) is 7.11. The van der Waals surface area contributed by atoms with E-state index < -0.39 is 23.6 Å². The summed E-state index contributed by atoms with van der Waals surface area (Å²) in [5.41, 5.74) is 5.90. The number of hydrogen-bond acceptors (Lipinski definition) is 7. The van der Waals surface area contributed by atoms with Crippen LogP contribution < -0.4 is 11.1 Å². The summed E-state index contributed by atoms with van der Waals surface area (Å²) in [6.45, 7) is 0. The third-order valence-corrected chi connectivity index (χ3v) is 4.31. The number of aromatic nitrogens is 3. The molecule has 10 nitrogen and oxygen atoms in total. The molecule has 0 aliphatic carbocycles. The molecule has 4 rings (SSSR count). The number of fused-ring (bicyclic) bond motifs is 1. The van der Waals surface area contributed by atoms with Gasteiger partial charge in [0.25, 0.3) is 17.6 Å². The van der Waals surface area contributed by atoms with Crippen molar-refractivity contribution in [3.8, 4) is 5.82 Å². The van der Waals surface area contributed by atoms with Crippen molar-refractivity contribution in [1.82, 2.24) is 20.1 Å². The van der Waals surface area contributed by atoms with E-state index in [1.54, 1.807) is 30.5 Å². The van der Waals surface area contributed by atoms with Gasteiger partial charge in [-0.2, -0.15) is 5.10 Å². The molecule has 0 saturated carbocycles. The minimum Gasteiger partial charge on any atom is -0.433 e. The fourth-order valence-electron chi connectivity index (χ4n) is 2.94. The molecule has 4 aromatic heterocycles. The van der Waals surface area contributed by atoms with Crippen LogP contribution in [0.1, 0.15) is 16.1 Å². The van der Waals surface area contributed by atoms with Gasteiger partial charge < -0.3 is 19.9 Å². The number of hydrogen-bond donors (Lipinski definition) is 2. The van der Waals surface area contributed by atoms with Crippen molar-refractivity contribution in [2.24, 2.45) is 5.73 Å². The lowest BCUT2D eigenvalue weighted by molar-refractivity contribution is -0.137. The number of ketones is 1. The number of Topliss-reactive ketones (excluding diaryl/α,β-unsaturated/α-hetero) is 1. The number of rotatable bonds is 7. The van der Waals surface area contributed by atoms with Gasteiger partial charge in [-0.15, -0.1) is 0 Å². The lowest BCUT2D eigenvalue weighted by atomic mass is 10.0. The maximum absolute atomic E-state index is 12.8. The number of pyridine rings is 1. The average molecular weight is 393 g/mol. The van der Waals surface area contributed by atoms with Gasteiger partial charge in [-0.05, 0) is 24.3 Å². The Hall–Kier alpha value is -4.21. The predicted molar refractivity (Wildman–Crippen MR) is 99.0 cm³/mol. The molecule has 1 unspecified atom stereocenters. The Bertz CT molecular complexity index is 1190. The monoisotopic (exact) mass is 393 g/mol. The van der Waals surface area contributed by atoms with Gasteiger partial charge in [0.05, 0.1) is 24.1 Å². The Morgan fingerprint density at radius 2 is 2.00 bits per heavy atom. The van der Waals surface area contributed by atoms with Crippen molar-refractivity contribution in [1.29, 1.82) is 0 Å². The van der Waals surface area contributed by atoms with E-state index in [0.717, 1.165) is 0 Å². The summed E-state index contributed by atoms with van der Waals surface area (Å²) in [6.07, 6.45) is 5.83. The Labute approximate surface area is 163 Å². The average Bonchev–Trinajstić information content (AvgIpc) is 3.45. The quantitative estimate of drug-likeness (QED) is 0.445. The molecule has 0 fully saturated rings. The first-order valence-corrected chi connectivity index (χ1v) is 8.58. The molecule has 146 valence electrons. The molecule has 0 radical (unpaired) electrons. The predicted octanol–water partition coefficient (Wildman–Crippen LogP) is 1.00. The molecule has 0 bridgehead atoms. The second kappa shape index (κ2) is 7.43. The van der Waals surface area contributed by atoms with Crippen LogP contribution in [0, 0.1) is 0 Å². The molecule has 0 aliphatic heterocycles. The molecule has 10 heteroatoms. The normalized spacial score (nSPS) is 12.0. The van der Waals surface area contributed by atoms with E-state index in [1.165, 1.54) is 29.5 Å². The van der Waals surface area contributed by atoms with Gasteiger partial charge in [-0.1, -0.05) is 6.07 Å². The molecule has 0 spiro atoms. The number of amides is 2. The highest BCUT2D eigenvalue weighted by Gasteiger charge is 2.28. The second-order valence-corrected chi connectivity index (χ2v) is 6.16. The highest BCUT2D eigenvalue weighted by atomic mass is 16.5. The largest absolute Gasteiger partial charge is 0.433 e. The van der Waals surface area contributed by atoms with Crippen molar-refractivity contribution in [3.05, 3.63) is 66.5 Å². The SMILES string of the molecule is NC(=O)C(=O)C(Cc1coc2occc12)NC(=O)c1ccnn1-c1ccccn1. The first-order chi connectivity index (χ1) is 14.0. The third kappa shape index (κ3) is 3.50. The standard InChI is InChI=1S/C19H15N5O5/c20-17(26)16(25)13(9-11-10-29-19-12(11)5-8-28-19)23-18(27)14-4-7-22-24(14)15-3-1-2-6-21-15/h1-8,10,13H,9H2,(H2,20,26)(H,23,27). The Balaban J connectivity index is 1.61. The Morgan fingerprint density at radius 1 is 1.14 bits per heavy atom. The van der Waals surface area contributed by atoms with E-state index in [9.17, 15) is 14.4 Å². The molecule has 0 aromatic carbocycles. The minimum absolute atomic E-state index is 0.00221. The van der Waals surface area contributed by atoms with Gasteiger partial charge in [-0.3, -0.25) is 14.4 Å². The highest BCUT2D eigenvalue weighted by molar-refractivity contribution is 6.38. The van der Waals surface area contributed by atoms with Crippen LogP contribution >= 0.6 is 0 Å². The number of carbonyl (C=O) groups excluding carboxylic acids is 3. The molecule has 3 N–H and O–H groups in total. The van der Waals surface area contributed by atoms with Crippen molar-refractivity contribution in [2.75, 3.05) is 0 Å². The Morgan fingerprint density at radius 3 is 2.76 bits per heavy atom. The van der Waals surface area contributed by atoms with Crippen LogP contribution in [-0.4, -0.2) is 38.4 Å². The van der Waals surface area contributed by atoms with Crippen LogP contribution in [0.25, 0.3) is 17.0 Å². The number of nitrogens with two attached hydrogens (primary N) is 1.